The van der Waals surface area contributed by atoms with Crippen molar-refractivity contribution in [2.75, 3.05) is 6.61 Å². The number of ether oxygens (including phenoxy) is 1. The van der Waals surface area contributed by atoms with E-state index in [1.165, 1.54) is 18.2 Å². The van der Waals surface area contributed by atoms with E-state index in [2.05, 4.69) is 6.08 Å². The van der Waals surface area contributed by atoms with Crippen LogP contribution in [0.3, 0.4) is 0 Å². The molecular formula is C25H30F3NO. The van der Waals surface area contributed by atoms with Gasteiger partial charge in [-0.15, -0.1) is 0 Å². The predicted molar refractivity (Wildman–Crippen MR) is 112 cm³/mol. The monoisotopic (exact) mass is 417 g/mol. The first-order valence-corrected chi connectivity index (χ1v) is 11.0. The lowest BCUT2D eigenvalue weighted by Crippen LogP contribution is -2.25. The number of benzene rings is 1. The van der Waals surface area contributed by atoms with Gasteiger partial charge in [-0.2, -0.15) is 18.4 Å². The molecule has 3 rings (SSSR count). The van der Waals surface area contributed by atoms with Crippen molar-refractivity contribution in [1.29, 1.82) is 5.26 Å². The van der Waals surface area contributed by atoms with Crippen molar-refractivity contribution < 1.29 is 17.9 Å². The van der Waals surface area contributed by atoms with Gasteiger partial charge >= 0.3 is 6.18 Å². The van der Waals surface area contributed by atoms with Gasteiger partial charge in [0.25, 0.3) is 0 Å². The Bertz CT molecular complexity index is 744. The molecule has 1 aromatic carbocycles. The molecule has 0 bridgehead atoms. The molecule has 0 aliphatic heterocycles. The molecule has 0 amide bonds. The summed E-state index contributed by atoms with van der Waals surface area (Å²) in [5, 5.41) is 8.49. The van der Waals surface area contributed by atoms with E-state index in [1.807, 2.05) is 12.1 Å². The first-order valence-electron chi connectivity index (χ1n) is 11.0. The number of hydrogen-bond donors (Lipinski definition) is 0. The molecule has 1 aromatic rings. The molecule has 2 aliphatic rings. The average molecular weight is 418 g/mol. The average Bonchev–Trinajstić information content (AvgIpc) is 2.76. The number of nitriles is 1. The van der Waals surface area contributed by atoms with E-state index < -0.39 is 11.7 Å². The van der Waals surface area contributed by atoms with E-state index >= 15 is 0 Å². The Morgan fingerprint density at radius 1 is 0.933 bits per heavy atom. The van der Waals surface area contributed by atoms with E-state index in [-0.39, 0.29) is 0 Å². The van der Waals surface area contributed by atoms with E-state index in [4.69, 9.17) is 10.00 Å². The predicted octanol–water partition coefficient (Wildman–Crippen LogP) is 7.19. The molecule has 2 aliphatic carbocycles. The van der Waals surface area contributed by atoms with Crippen molar-refractivity contribution >= 4 is 0 Å². The molecule has 162 valence electrons. The highest BCUT2D eigenvalue weighted by molar-refractivity contribution is 5.27. The quantitative estimate of drug-likeness (QED) is 0.362. The third kappa shape index (κ3) is 6.74. The summed E-state index contributed by atoms with van der Waals surface area (Å²) in [6.07, 6.45) is 12.1. The number of nitrogens with zero attached hydrogens (tertiary/aromatic N) is 1. The molecule has 5 heteroatoms. The standard InChI is InChI=1S/C25H30F3NO/c26-25(27,28)23-13-11-22(12-14-23)21-9-5-20(6-10-21)18-30-24-15-7-19(8-16-24)4-2-1-3-17-29/h1-4,11-14,19-21,24H,5-10,15-16,18H2/b3-1+,4-2+. The topological polar surface area (TPSA) is 33.0 Å². The minimum Gasteiger partial charge on any atom is -0.378 e. The highest BCUT2D eigenvalue weighted by Crippen LogP contribution is 2.38. The maximum Gasteiger partial charge on any atom is 0.416 e. The molecule has 0 unspecified atom stereocenters. The lowest BCUT2D eigenvalue weighted by atomic mass is 9.79. The third-order valence-electron chi connectivity index (χ3n) is 6.51. The normalized spacial score (nSPS) is 28.1. The van der Waals surface area contributed by atoms with Crippen LogP contribution in [-0.4, -0.2) is 12.7 Å². The lowest BCUT2D eigenvalue weighted by molar-refractivity contribution is -0.137. The van der Waals surface area contributed by atoms with Crippen LogP contribution in [0.1, 0.15) is 68.4 Å². The molecule has 0 spiro atoms. The Balaban J connectivity index is 1.35. The SMILES string of the molecule is N#C/C=C/C=C/C1CCC(OCC2CCC(c3ccc(C(F)(F)F)cc3)CC2)CC1. The fourth-order valence-electron chi connectivity index (χ4n) is 4.65. The number of alkyl halides is 3. The smallest absolute Gasteiger partial charge is 0.378 e. The van der Waals surface area contributed by atoms with Gasteiger partial charge in [-0.3, -0.25) is 0 Å². The van der Waals surface area contributed by atoms with Crippen LogP contribution in [0.15, 0.2) is 48.6 Å². The highest BCUT2D eigenvalue weighted by Gasteiger charge is 2.31. The largest absolute Gasteiger partial charge is 0.416 e. The zero-order valence-electron chi connectivity index (χ0n) is 17.3. The number of halogens is 3. The van der Waals surface area contributed by atoms with Gasteiger partial charge in [0.2, 0.25) is 0 Å². The fourth-order valence-corrected chi connectivity index (χ4v) is 4.65. The van der Waals surface area contributed by atoms with Gasteiger partial charge in [-0.25, -0.2) is 0 Å². The molecule has 0 radical (unpaired) electrons. The van der Waals surface area contributed by atoms with E-state index in [0.29, 0.717) is 23.9 Å². The number of hydrogen-bond acceptors (Lipinski definition) is 2. The molecule has 0 aromatic heterocycles. The summed E-state index contributed by atoms with van der Waals surface area (Å²) in [5.74, 6) is 1.50. The molecule has 2 nitrogen and oxygen atoms in total. The lowest BCUT2D eigenvalue weighted by Gasteiger charge is -2.32. The molecule has 2 fully saturated rings. The molecule has 0 saturated heterocycles. The summed E-state index contributed by atoms with van der Waals surface area (Å²) >= 11 is 0. The van der Waals surface area contributed by atoms with Crippen LogP contribution in [0, 0.1) is 23.2 Å². The van der Waals surface area contributed by atoms with Gasteiger partial charge in [0.05, 0.1) is 17.7 Å². The van der Waals surface area contributed by atoms with Crippen molar-refractivity contribution in [3.63, 3.8) is 0 Å². The summed E-state index contributed by atoms with van der Waals surface area (Å²) in [6.45, 7) is 0.801. The number of rotatable bonds is 6. The van der Waals surface area contributed by atoms with Gasteiger partial charge in [0.1, 0.15) is 0 Å². The first kappa shape index (κ1) is 22.6. The summed E-state index contributed by atoms with van der Waals surface area (Å²) < 4.78 is 44.4. The second kappa shape index (κ2) is 10.8. The van der Waals surface area contributed by atoms with Crippen LogP contribution in [0.25, 0.3) is 0 Å². The van der Waals surface area contributed by atoms with Crippen molar-refractivity contribution in [2.45, 2.75) is 69.6 Å². The summed E-state index contributed by atoms with van der Waals surface area (Å²) in [7, 11) is 0. The van der Waals surface area contributed by atoms with Crippen molar-refractivity contribution in [1.82, 2.24) is 0 Å². The van der Waals surface area contributed by atoms with Crippen molar-refractivity contribution in [3.05, 3.63) is 59.7 Å². The highest BCUT2D eigenvalue weighted by atomic mass is 19.4. The van der Waals surface area contributed by atoms with E-state index in [1.54, 1.807) is 18.2 Å². The Labute approximate surface area is 177 Å². The first-order chi connectivity index (χ1) is 14.5. The van der Waals surface area contributed by atoms with Crippen LogP contribution in [0.5, 0.6) is 0 Å². The van der Waals surface area contributed by atoms with Gasteiger partial charge < -0.3 is 4.74 Å². The molecule has 0 atom stereocenters. The second-order valence-corrected chi connectivity index (χ2v) is 8.58. The van der Waals surface area contributed by atoms with Crippen LogP contribution in [0.4, 0.5) is 13.2 Å². The van der Waals surface area contributed by atoms with Gasteiger partial charge in [0, 0.05) is 12.7 Å². The third-order valence-corrected chi connectivity index (χ3v) is 6.51. The Hall–Kier alpha value is -2.06. The van der Waals surface area contributed by atoms with Crippen LogP contribution >= 0.6 is 0 Å². The van der Waals surface area contributed by atoms with Crippen LogP contribution < -0.4 is 0 Å². The van der Waals surface area contributed by atoms with Crippen molar-refractivity contribution in [2.24, 2.45) is 11.8 Å². The molecule has 2 saturated carbocycles. The molecule has 0 heterocycles. The van der Waals surface area contributed by atoms with Crippen LogP contribution in [-0.2, 0) is 10.9 Å². The maximum atomic E-state index is 12.7. The Morgan fingerprint density at radius 2 is 1.60 bits per heavy atom. The van der Waals surface area contributed by atoms with Crippen LogP contribution in [0.2, 0.25) is 0 Å². The summed E-state index contributed by atoms with van der Waals surface area (Å²) in [5.41, 5.74) is 0.454. The Kier molecular flexibility index (Phi) is 8.16. The minimum atomic E-state index is -4.27. The zero-order chi connectivity index (χ0) is 21.4. The summed E-state index contributed by atoms with van der Waals surface area (Å²) in [4.78, 5) is 0. The van der Waals surface area contributed by atoms with Gasteiger partial charge in [-0.05, 0) is 86.8 Å². The number of allylic oxidation sites excluding steroid dienone is 4. The minimum absolute atomic E-state index is 0.344. The fraction of sp³-hybridized carbons (Fsp3) is 0.560. The maximum absolute atomic E-state index is 12.7. The van der Waals surface area contributed by atoms with E-state index in [0.717, 1.165) is 63.5 Å². The molecular weight excluding hydrogens is 387 g/mol. The Morgan fingerprint density at radius 3 is 2.20 bits per heavy atom. The molecule has 0 N–H and O–H groups in total. The van der Waals surface area contributed by atoms with Crippen molar-refractivity contribution in [3.8, 4) is 6.07 Å². The van der Waals surface area contributed by atoms with Gasteiger partial charge in [0.15, 0.2) is 0 Å². The second-order valence-electron chi connectivity index (χ2n) is 8.58. The molecule has 30 heavy (non-hydrogen) atoms. The van der Waals surface area contributed by atoms with Gasteiger partial charge in [-0.1, -0.05) is 30.4 Å². The summed E-state index contributed by atoms with van der Waals surface area (Å²) in [6, 6.07) is 7.69. The zero-order valence-corrected chi connectivity index (χ0v) is 17.3. The van der Waals surface area contributed by atoms with E-state index in [9.17, 15) is 13.2 Å².